The SMILES string of the molecule is CCCN1CCC(NC(=NC)NCc2ccnc(Oc3ccc(OCC)cc3)c2)CC1.I. The number of aromatic nitrogens is 1. The zero-order chi connectivity index (χ0) is 21.9. The molecule has 8 heteroatoms. The summed E-state index contributed by atoms with van der Waals surface area (Å²) >= 11 is 0. The lowest BCUT2D eigenvalue weighted by Crippen LogP contribution is -2.48. The van der Waals surface area contributed by atoms with E-state index in [1.807, 2.05) is 50.4 Å². The molecular weight excluding hydrogens is 517 g/mol. The van der Waals surface area contributed by atoms with Gasteiger partial charge in [0.2, 0.25) is 5.88 Å². The van der Waals surface area contributed by atoms with E-state index >= 15 is 0 Å². The lowest BCUT2D eigenvalue weighted by molar-refractivity contribution is 0.206. The molecule has 0 aliphatic carbocycles. The lowest BCUT2D eigenvalue weighted by atomic mass is 10.1. The van der Waals surface area contributed by atoms with E-state index in [-0.39, 0.29) is 24.0 Å². The number of nitrogens with one attached hydrogen (secondary N) is 2. The molecule has 1 saturated heterocycles. The summed E-state index contributed by atoms with van der Waals surface area (Å²) in [6, 6.07) is 12.0. The summed E-state index contributed by atoms with van der Waals surface area (Å²) in [4.78, 5) is 11.3. The van der Waals surface area contributed by atoms with E-state index < -0.39 is 0 Å². The monoisotopic (exact) mass is 553 g/mol. The summed E-state index contributed by atoms with van der Waals surface area (Å²) in [6.45, 7) is 9.00. The fourth-order valence-electron chi connectivity index (χ4n) is 3.70. The number of ether oxygens (including phenoxy) is 2. The number of pyridine rings is 1. The molecule has 32 heavy (non-hydrogen) atoms. The highest BCUT2D eigenvalue weighted by Gasteiger charge is 2.19. The first-order chi connectivity index (χ1) is 15.2. The zero-order valence-corrected chi connectivity index (χ0v) is 21.7. The normalized spacial score (nSPS) is 15.0. The molecule has 0 spiro atoms. The van der Waals surface area contributed by atoms with Crippen LogP contribution >= 0.6 is 24.0 Å². The van der Waals surface area contributed by atoms with Crippen LogP contribution in [0.25, 0.3) is 0 Å². The van der Waals surface area contributed by atoms with E-state index in [9.17, 15) is 0 Å². The molecule has 1 aromatic heterocycles. The first-order valence-corrected chi connectivity index (χ1v) is 11.2. The summed E-state index contributed by atoms with van der Waals surface area (Å²) in [5.41, 5.74) is 1.08. The van der Waals surface area contributed by atoms with Crippen molar-refractivity contribution in [2.24, 2.45) is 4.99 Å². The van der Waals surface area contributed by atoms with E-state index in [0.29, 0.717) is 25.1 Å². The van der Waals surface area contributed by atoms with E-state index in [2.05, 4.69) is 32.4 Å². The van der Waals surface area contributed by atoms with Gasteiger partial charge in [-0.3, -0.25) is 4.99 Å². The molecule has 0 saturated carbocycles. The van der Waals surface area contributed by atoms with Crippen LogP contribution in [0.15, 0.2) is 47.6 Å². The van der Waals surface area contributed by atoms with Crippen LogP contribution in [0.2, 0.25) is 0 Å². The second-order valence-electron chi connectivity index (χ2n) is 7.69. The van der Waals surface area contributed by atoms with Crippen molar-refractivity contribution in [3.05, 3.63) is 48.2 Å². The Morgan fingerprint density at radius 1 is 1.12 bits per heavy atom. The Morgan fingerprint density at radius 2 is 1.84 bits per heavy atom. The van der Waals surface area contributed by atoms with E-state index in [1.54, 1.807) is 6.20 Å². The minimum Gasteiger partial charge on any atom is -0.494 e. The topological polar surface area (TPSA) is 71.0 Å². The zero-order valence-electron chi connectivity index (χ0n) is 19.3. The number of nitrogens with zero attached hydrogens (tertiary/aromatic N) is 3. The van der Waals surface area contributed by atoms with Crippen molar-refractivity contribution in [3.8, 4) is 17.4 Å². The number of halogens is 1. The Bertz CT molecular complexity index is 823. The number of guanidine groups is 1. The highest BCUT2D eigenvalue weighted by molar-refractivity contribution is 14.0. The summed E-state index contributed by atoms with van der Waals surface area (Å²) in [5, 5.41) is 6.97. The first-order valence-electron chi connectivity index (χ1n) is 11.2. The van der Waals surface area contributed by atoms with Crippen molar-refractivity contribution >= 4 is 29.9 Å². The molecule has 2 heterocycles. The molecule has 0 unspecified atom stereocenters. The van der Waals surface area contributed by atoms with Gasteiger partial charge >= 0.3 is 0 Å². The van der Waals surface area contributed by atoms with Gasteiger partial charge in [0, 0.05) is 45.0 Å². The van der Waals surface area contributed by atoms with Crippen LogP contribution in [0, 0.1) is 0 Å². The van der Waals surface area contributed by atoms with Gasteiger partial charge in [0.05, 0.1) is 6.61 Å². The van der Waals surface area contributed by atoms with Crippen molar-refractivity contribution in [2.45, 2.75) is 45.7 Å². The van der Waals surface area contributed by atoms with Gasteiger partial charge in [0.25, 0.3) is 0 Å². The molecule has 3 rings (SSSR count). The largest absolute Gasteiger partial charge is 0.494 e. The third-order valence-electron chi connectivity index (χ3n) is 5.31. The Kier molecular flexibility index (Phi) is 11.6. The van der Waals surface area contributed by atoms with Gasteiger partial charge in [0.15, 0.2) is 5.96 Å². The number of aliphatic imine (C=N–C) groups is 1. The molecule has 1 aliphatic heterocycles. The Labute approximate surface area is 209 Å². The minimum atomic E-state index is 0. The second-order valence-corrected chi connectivity index (χ2v) is 7.69. The number of rotatable bonds is 9. The maximum absolute atomic E-state index is 5.89. The molecule has 7 nitrogen and oxygen atoms in total. The molecule has 1 aromatic carbocycles. The molecule has 2 aromatic rings. The average molecular weight is 553 g/mol. The van der Waals surface area contributed by atoms with E-state index in [1.165, 1.54) is 13.0 Å². The van der Waals surface area contributed by atoms with Crippen LogP contribution in [-0.2, 0) is 6.54 Å². The van der Waals surface area contributed by atoms with E-state index in [4.69, 9.17) is 9.47 Å². The van der Waals surface area contributed by atoms with Crippen molar-refractivity contribution in [3.63, 3.8) is 0 Å². The summed E-state index contributed by atoms with van der Waals surface area (Å²) in [5.74, 6) is 2.96. The van der Waals surface area contributed by atoms with Crippen molar-refractivity contribution < 1.29 is 9.47 Å². The highest BCUT2D eigenvalue weighted by atomic mass is 127. The van der Waals surface area contributed by atoms with Gasteiger partial charge in [-0.15, -0.1) is 24.0 Å². The lowest BCUT2D eigenvalue weighted by Gasteiger charge is -2.32. The molecule has 1 fully saturated rings. The van der Waals surface area contributed by atoms with Gasteiger partial charge in [0.1, 0.15) is 11.5 Å². The second kappa shape index (κ2) is 14.2. The summed E-state index contributed by atoms with van der Waals surface area (Å²) in [7, 11) is 1.81. The van der Waals surface area contributed by atoms with Gasteiger partial charge in [-0.2, -0.15) is 0 Å². The number of hydrogen-bond acceptors (Lipinski definition) is 5. The average Bonchev–Trinajstić information content (AvgIpc) is 2.80. The van der Waals surface area contributed by atoms with Gasteiger partial charge in [-0.1, -0.05) is 6.92 Å². The van der Waals surface area contributed by atoms with Crippen LogP contribution < -0.4 is 20.1 Å². The molecule has 0 bridgehead atoms. The summed E-state index contributed by atoms with van der Waals surface area (Å²) < 4.78 is 11.4. The smallest absolute Gasteiger partial charge is 0.219 e. The Balaban J connectivity index is 0.00000363. The maximum Gasteiger partial charge on any atom is 0.219 e. The molecule has 0 atom stereocenters. The summed E-state index contributed by atoms with van der Waals surface area (Å²) in [6.07, 6.45) is 5.28. The van der Waals surface area contributed by atoms with Crippen LogP contribution in [0.3, 0.4) is 0 Å². The number of likely N-dealkylation sites (tertiary alicyclic amines) is 1. The third-order valence-corrected chi connectivity index (χ3v) is 5.31. The van der Waals surface area contributed by atoms with Crippen LogP contribution in [-0.4, -0.2) is 55.2 Å². The number of piperidine rings is 1. The van der Waals surface area contributed by atoms with Gasteiger partial charge in [-0.05, 0) is 68.6 Å². The Hall–Kier alpha value is -2.07. The minimum absolute atomic E-state index is 0. The number of hydrogen-bond donors (Lipinski definition) is 2. The molecular formula is C24H36IN5O2. The quantitative estimate of drug-likeness (QED) is 0.272. The molecule has 2 N–H and O–H groups in total. The van der Waals surface area contributed by atoms with Crippen molar-refractivity contribution in [1.29, 1.82) is 0 Å². The maximum atomic E-state index is 5.89. The first kappa shape index (κ1) is 26.2. The molecule has 0 amide bonds. The van der Waals surface area contributed by atoms with Crippen molar-refractivity contribution in [2.75, 3.05) is 33.3 Å². The molecule has 0 radical (unpaired) electrons. The third kappa shape index (κ3) is 8.46. The van der Waals surface area contributed by atoms with Crippen molar-refractivity contribution in [1.82, 2.24) is 20.5 Å². The predicted octanol–water partition coefficient (Wildman–Crippen LogP) is 4.43. The Morgan fingerprint density at radius 3 is 2.50 bits per heavy atom. The van der Waals surface area contributed by atoms with Gasteiger partial charge < -0.3 is 25.0 Å². The van der Waals surface area contributed by atoms with E-state index in [0.717, 1.165) is 49.0 Å². The molecule has 176 valence electrons. The fraction of sp³-hybridized carbons (Fsp3) is 0.500. The fourth-order valence-corrected chi connectivity index (χ4v) is 3.70. The van der Waals surface area contributed by atoms with Gasteiger partial charge in [-0.25, -0.2) is 4.98 Å². The highest BCUT2D eigenvalue weighted by Crippen LogP contribution is 2.23. The standard InChI is InChI=1S/C24H35N5O2.HI/c1-4-14-29-15-11-20(12-16-29)28-24(25-3)27-18-19-10-13-26-23(17-19)31-22-8-6-21(7-9-22)30-5-2;/h6-10,13,17,20H,4-5,11-12,14-16,18H2,1-3H3,(H2,25,27,28);1H. The molecule has 1 aliphatic rings. The van der Waals surface area contributed by atoms with Crippen LogP contribution in [0.1, 0.15) is 38.7 Å². The predicted molar refractivity (Wildman–Crippen MR) is 140 cm³/mol. The van der Waals surface area contributed by atoms with Crippen LogP contribution in [0.4, 0.5) is 0 Å². The van der Waals surface area contributed by atoms with Crippen LogP contribution in [0.5, 0.6) is 17.4 Å². The number of benzene rings is 1.